The highest BCUT2D eigenvalue weighted by Crippen LogP contribution is 2.40. The molecule has 1 amide bonds. The molecule has 2 atom stereocenters. The van der Waals surface area contributed by atoms with Gasteiger partial charge in [0.2, 0.25) is 5.91 Å². The van der Waals surface area contributed by atoms with Crippen LogP contribution in [0.3, 0.4) is 0 Å². The Morgan fingerprint density at radius 2 is 1.60 bits per heavy atom. The van der Waals surface area contributed by atoms with Crippen LogP contribution < -0.4 is 5.73 Å². The quantitative estimate of drug-likeness (QED) is 0.485. The summed E-state index contributed by atoms with van der Waals surface area (Å²) in [6.45, 7) is 12.0. The van der Waals surface area contributed by atoms with Crippen molar-refractivity contribution in [1.82, 2.24) is 4.90 Å². The number of Topliss-reactive ketones (excluding diaryl/α,β-unsaturated/α-hetero) is 1. The number of nitrogens with zero attached hydrogens (tertiary/aromatic N) is 2. The maximum atomic E-state index is 13.6. The van der Waals surface area contributed by atoms with Gasteiger partial charge < -0.3 is 15.7 Å². The second-order valence-electron chi connectivity index (χ2n) is 11.5. The van der Waals surface area contributed by atoms with Gasteiger partial charge in [0.1, 0.15) is 17.6 Å². The Balaban J connectivity index is 1.97. The number of primary amides is 1. The van der Waals surface area contributed by atoms with Crippen molar-refractivity contribution in [2.75, 3.05) is 6.54 Å². The average Bonchev–Trinajstić information content (AvgIpc) is 3.09. The summed E-state index contributed by atoms with van der Waals surface area (Å²) in [6, 6.07) is 12.9. The van der Waals surface area contributed by atoms with Gasteiger partial charge in [-0.25, -0.2) is 0 Å². The minimum Gasteiger partial charge on any atom is -0.507 e. The van der Waals surface area contributed by atoms with Gasteiger partial charge in [-0.2, -0.15) is 4.02 Å². The topological polar surface area (TPSA) is 96.0 Å². The number of phenols is 1. The molecule has 3 rings (SSSR count). The van der Waals surface area contributed by atoms with Gasteiger partial charge in [0.15, 0.2) is 5.78 Å². The van der Waals surface area contributed by atoms with Crippen LogP contribution in [0, 0.1) is 5.92 Å². The minimum atomic E-state index is -0.620. The summed E-state index contributed by atoms with van der Waals surface area (Å²) in [5.41, 5.74) is 8.13. The van der Waals surface area contributed by atoms with Crippen molar-refractivity contribution >= 4 is 33.7 Å². The van der Waals surface area contributed by atoms with Crippen molar-refractivity contribution < 1.29 is 14.7 Å². The van der Waals surface area contributed by atoms with E-state index in [1.807, 2.05) is 71.9 Å². The van der Waals surface area contributed by atoms with Crippen molar-refractivity contribution in [2.45, 2.75) is 71.3 Å². The number of hydrogen-bond donors (Lipinski definition) is 2. The molecular formula is C28H36BrN3O3. The average molecular weight is 543 g/mol. The van der Waals surface area contributed by atoms with Crippen LogP contribution in [-0.2, 0) is 22.0 Å². The van der Waals surface area contributed by atoms with Gasteiger partial charge in [-0.3, -0.25) is 9.59 Å². The van der Waals surface area contributed by atoms with Gasteiger partial charge in [-0.1, -0.05) is 71.9 Å². The number of carbonyl (C=O) groups is 2. The predicted molar refractivity (Wildman–Crippen MR) is 144 cm³/mol. The molecule has 6 nitrogen and oxygen atoms in total. The number of carbonyl (C=O) groups excluding carboxylic acids is 2. The van der Waals surface area contributed by atoms with Gasteiger partial charge in [0, 0.05) is 22.6 Å². The number of nitrogens with two attached hydrogens (primary N) is 1. The zero-order chi connectivity index (χ0) is 26.1. The van der Waals surface area contributed by atoms with Crippen molar-refractivity contribution in [3.63, 3.8) is 0 Å². The van der Waals surface area contributed by atoms with Gasteiger partial charge >= 0.3 is 0 Å². The van der Waals surface area contributed by atoms with Crippen LogP contribution in [0.25, 0.3) is 0 Å². The summed E-state index contributed by atoms with van der Waals surface area (Å²) >= 11 is 3.23. The highest BCUT2D eigenvalue weighted by atomic mass is 79.9. The van der Waals surface area contributed by atoms with Crippen LogP contribution in [0.15, 0.2) is 46.5 Å². The zero-order valence-electron chi connectivity index (χ0n) is 21.4. The van der Waals surface area contributed by atoms with E-state index in [9.17, 15) is 14.7 Å². The molecule has 0 bridgehead atoms. The number of halogens is 1. The molecule has 0 aromatic heterocycles. The van der Waals surface area contributed by atoms with Gasteiger partial charge in [0.25, 0.3) is 0 Å². The number of rotatable bonds is 6. The molecule has 188 valence electrons. The van der Waals surface area contributed by atoms with Gasteiger partial charge in [-0.15, -0.1) is 0 Å². The van der Waals surface area contributed by atoms with Crippen molar-refractivity contribution in [2.24, 2.45) is 15.7 Å². The molecule has 1 saturated heterocycles. The fourth-order valence-corrected chi connectivity index (χ4v) is 5.23. The van der Waals surface area contributed by atoms with Crippen LogP contribution in [0.1, 0.15) is 75.0 Å². The summed E-state index contributed by atoms with van der Waals surface area (Å²) in [6.07, 6.45) is 1.19. The number of likely N-dealkylation sites (tertiary alicyclic amines) is 1. The van der Waals surface area contributed by atoms with E-state index in [0.29, 0.717) is 24.2 Å². The standard InChI is InChI=1S/C28H36BrN3O3/c1-27(2,3)20-13-18(14-21(24(20)34)28(4,5)6)23(33)16-32-22(25(30)35)15-19(26(32)31-29)12-17-10-8-7-9-11-17/h7-11,13-14,19,22,34H,12,15-16H2,1-6H3,(H2,30,35). The molecule has 1 heterocycles. The van der Waals surface area contributed by atoms with E-state index in [1.54, 1.807) is 17.0 Å². The van der Waals surface area contributed by atoms with E-state index in [2.05, 4.69) is 20.2 Å². The second-order valence-corrected chi connectivity index (χ2v) is 11.8. The first-order valence-electron chi connectivity index (χ1n) is 11.9. The fourth-order valence-electron chi connectivity index (χ4n) is 4.73. The highest BCUT2D eigenvalue weighted by Gasteiger charge is 2.41. The molecule has 2 aromatic carbocycles. The Morgan fingerprint density at radius 1 is 1.06 bits per heavy atom. The zero-order valence-corrected chi connectivity index (χ0v) is 23.0. The summed E-state index contributed by atoms with van der Waals surface area (Å²) in [5, 5.41) is 11.0. The monoisotopic (exact) mass is 541 g/mol. The first-order valence-corrected chi connectivity index (χ1v) is 12.6. The minimum absolute atomic E-state index is 0.0265. The molecule has 2 unspecified atom stereocenters. The van der Waals surface area contributed by atoms with E-state index in [1.165, 1.54) is 0 Å². The molecule has 0 aliphatic carbocycles. The van der Waals surface area contributed by atoms with Crippen molar-refractivity contribution in [1.29, 1.82) is 0 Å². The number of amides is 1. The van der Waals surface area contributed by atoms with Crippen LogP contribution in [0.4, 0.5) is 0 Å². The molecule has 1 fully saturated rings. The number of ketones is 1. The summed E-state index contributed by atoms with van der Waals surface area (Å²) < 4.78 is 4.31. The number of aromatic hydroxyl groups is 1. The smallest absolute Gasteiger partial charge is 0.240 e. The first-order chi connectivity index (χ1) is 16.2. The Bertz CT molecular complexity index is 1100. The molecule has 1 aliphatic heterocycles. The molecule has 2 aromatic rings. The lowest BCUT2D eigenvalue weighted by Crippen LogP contribution is -2.44. The van der Waals surface area contributed by atoms with Crippen molar-refractivity contribution in [3.05, 3.63) is 64.7 Å². The first kappa shape index (κ1) is 26.9. The third-order valence-electron chi connectivity index (χ3n) is 6.65. The largest absolute Gasteiger partial charge is 0.507 e. The number of amidine groups is 1. The number of phenolic OH excluding ortho intramolecular Hbond substituents is 1. The molecule has 0 saturated carbocycles. The lowest BCUT2D eigenvalue weighted by atomic mass is 9.78. The van der Waals surface area contributed by atoms with E-state index in [-0.39, 0.29) is 34.8 Å². The van der Waals surface area contributed by atoms with E-state index < -0.39 is 11.9 Å². The van der Waals surface area contributed by atoms with E-state index >= 15 is 0 Å². The maximum Gasteiger partial charge on any atom is 0.240 e. The maximum absolute atomic E-state index is 13.6. The normalized spacial score (nSPS) is 19.9. The third kappa shape index (κ3) is 5.95. The summed E-state index contributed by atoms with van der Waals surface area (Å²) in [7, 11) is 0. The van der Waals surface area contributed by atoms with Crippen LogP contribution in [0.2, 0.25) is 0 Å². The fraction of sp³-hybridized carbons (Fsp3) is 0.464. The molecule has 7 heteroatoms. The molecule has 0 radical (unpaired) electrons. The van der Waals surface area contributed by atoms with Gasteiger partial charge in [-0.05, 0) is 41.4 Å². The second kappa shape index (κ2) is 10.1. The lowest BCUT2D eigenvalue weighted by Gasteiger charge is -2.29. The Kier molecular flexibility index (Phi) is 7.80. The van der Waals surface area contributed by atoms with Crippen LogP contribution in [0.5, 0.6) is 5.75 Å². The Morgan fingerprint density at radius 3 is 2.06 bits per heavy atom. The third-order valence-corrected chi connectivity index (χ3v) is 7.01. The highest BCUT2D eigenvalue weighted by molar-refractivity contribution is 9.08. The molecule has 3 N–H and O–H groups in total. The Hall–Kier alpha value is -2.67. The summed E-state index contributed by atoms with van der Waals surface area (Å²) in [5.74, 6) is 0.206. The van der Waals surface area contributed by atoms with Gasteiger partial charge in [0.05, 0.1) is 22.7 Å². The summed E-state index contributed by atoms with van der Waals surface area (Å²) in [4.78, 5) is 27.7. The van der Waals surface area contributed by atoms with Crippen molar-refractivity contribution in [3.8, 4) is 5.75 Å². The van der Waals surface area contributed by atoms with E-state index in [0.717, 1.165) is 16.7 Å². The number of benzene rings is 2. The number of hydrogen-bond acceptors (Lipinski definition) is 4. The lowest BCUT2D eigenvalue weighted by molar-refractivity contribution is -0.121. The molecular weight excluding hydrogens is 506 g/mol. The Labute approximate surface area is 217 Å². The molecule has 35 heavy (non-hydrogen) atoms. The van der Waals surface area contributed by atoms with Crippen LogP contribution >= 0.6 is 16.1 Å². The predicted octanol–water partition coefficient (Wildman–Crippen LogP) is 5.30. The SMILES string of the molecule is CC(C)(C)c1cc(C(=O)CN2C(=NBr)C(Cc3ccccc3)CC2C(N)=O)cc(C(C)(C)C)c1O. The molecule has 1 aliphatic rings. The molecule has 0 spiro atoms. The van der Waals surface area contributed by atoms with E-state index in [4.69, 9.17) is 5.73 Å². The van der Waals surface area contributed by atoms with Crippen LogP contribution in [-0.4, -0.2) is 40.1 Å².